The first-order valence-corrected chi connectivity index (χ1v) is 8.29. The van der Waals surface area contributed by atoms with Crippen molar-refractivity contribution in [2.45, 2.75) is 44.0 Å². The van der Waals surface area contributed by atoms with Crippen molar-refractivity contribution in [3.63, 3.8) is 0 Å². The molecule has 1 aromatic heterocycles. The molecule has 0 saturated carbocycles. The number of aryl methyl sites for hydroxylation is 2. The molecule has 1 aromatic rings. The van der Waals surface area contributed by atoms with Crippen LogP contribution in [0.5, 0.6) is 0 Å². The summed E-state index contributed by atoms with van der Waals surface area (Å²) in [6, 6.07) is 0.133. The highest BCUT2D eigenvalue weighted by Gasteiger charge is 2.36. The summed E-state index contributed by atoms with van der Waals surface area (Å²) in [7, 11) is -3.40. The van der Waals surface area contributed by atoms with E-state index in [4.69, 9.17) is 0 Å². The fourth-order valence-corrected chi connectivity index (χ4v) is 5.52. The van der Waals surface area contributed by atoms with Crippen LogP contribution in [0.1, 0.15) is 24.5 Å². The Balaban J connectivity index is 2.39. The minimum absolute atomic E-state index is 0.0365. The predicted molar refractivity (Wildman–Crippen MR) is 72.4 cm³/mol. The Morgan fingerprint density at radius 3 is 2.61 bits per heavy atom. The van der Waals surface area contributed by atoms with Crippen LogP contribution in [0.2, 0.25) is 0 Å². The van der Waals surface area contributed by atoms with E-state index in [0.29, 0.717) is 23.0 Å². The molecule has 2 rings (SSSR count). The second kappa shape index (κ2) is 4.88. The summed E-state index contributed by atoms with van der Waals surface area (Å²) in [5.74, 6) is 0. The zero-order valence-corrected chi connectivity index (χ0v) is 12.7. The van der Waals surface area contributed by atoms with E-state index >= 15 is 0 Å². The van der Waals surface area contributed by atoms with Crippen LogP contribution in [0, 0.1) is 13.8 Å². The van der Waals surface area contributed by atoms with Gasteiger partial charge in [0.25, 0.3) is 10.0 Å². The fourth-order valence-electron chi connectivity index (χ4n) is 2.22. The zero-order chi connectivity index (χ0) is 13.5. The Hall–Kier alpha value is -0.500. The fraction of sp³-hybridized carbons (Fsp3) is 0.727. The van der Waals surface area contributed by atoms with Gasteiger partial charge in [0.05, 0.1) is 10.7 Å². The number of hydrogen-bond donors (Lipinski definition) is 1. The lowest BCUT2D eigenvalue weighted by atomic mass is 10.1. The lowest BCUT2D eigenvalue weighted by molar-refractivity contribution is 0.233. The molecular weight excluding hydrogens is 270 g/mol. The summed E-state index contributed by atoms with van der Waals surface area (Å²) < 4.78 is 27.3. The number of thiazole rings is 1. The third kappa shape index (κ3) is 2.32. The van der Waals surface area contributed by atoms with E-state index in [1.807, 2.05) is 20.8 Å². The van der Waals surface area contributed by atoms with E-state index in [1.165, 1.54) is 11.3 Å². The van der Waals surface area contributed by atoms with E-state index in [-0.39, 0.29) is 12.1 Å². The molecule has 2 unspecified atom stereocenters. The second-order valence-electron chi connectivity index (χ2n) is 4.70. The largest absolute Gasteiger partial charge is 0.311 e. The maximum absolute atomic E-state index is 12.6. The van der Waals surface area contributed by atoms with E-state index in [0.717, 1.165) is 5.01 Å². The average Bonchev–Trinajstić information content (AvgIpc) is 2.62. The van der Waals surface area contributed by atoms with Crippen molar-refractivity contribution in [2.75, 3.05) is 13.1 Å². The van der Waals surface area contributed by atoms with Gasteiger partial charge < -0.3 is 5.32 Å². The SMILES string of the molecule is Cc1nc(C)c(S(=O)(=O)N2CCNC(C)C2C)s1. The molecule has 2 heterocycles. The van der Waals surface area contributed by atoms with Crippen LogP contribution < -0.4 is 5.32 Å². The van der Waals surface area contributed by atoms with Gasteiger partial charge in [0.1, 0.15) is 0 Å². The molecule has 1 fully saturated rings. The monoisotopic (exact) mass is 289 g/mol. The molecule has 1 saturated heterocycles. The normalized spacial score (nSPS) is 26.4. The molecule has 1 N–H and O–H groups in total. The van der Waals surface area contributed by atoms with Crippen LogP contribution >= 0.6 is 11.3 Å². The molecular formula is C11H19N3O2S2. The highest BCUT2D eigenvalue weighted by Crippen LogP contribution is 2.28. The van der Waals surface area contributed by atoms with Crippen molar-refractivity contribution in [2.24, 2.45) is 0 Å². The molecule has 0 amide bonds. The molecule has 7 heteroatoms. The Bertz CT molecular complexity index is 538. The topological polar surface area (TPSA) is 62.3 Å². The second-order valence-corrected chi connectivity index (χ2v) is 7.99. The molecule has 0 aliphatic carbocycles. The van der Waals surface area contributed by atoms with Crippen molar-refractivity contribution >= 4 is 21.4 Å². The minimum atomic E-state index is -3.40. The minimum Gasteiger partial charge on any atom is -0.311 e. The van der Waals surface area contributed by atoms with Crippen LogP contribution in [0.15, 0.2) is 4.21 Å². The molecule has 0 bridgehead atoms. The van der Waals surface area contributed by atoms with Crippen LogP contribution in [-0.2, 0) is 10.0 Å². The molecule has 1 aliphatic rings. The number of rotatable bonds is 2. The van der Waals surface area contributed by atoms with Crippen molar-refractivity contribution < 1.29 is 8.42 Å². The molecule has 102 valence electrons. The van der Waals surface area contributed by atoms with E-state index in [2.05, 4.69) is 10.3 Å². The summed E-state index contributed by atoms with van der Waals surface area (Å²) in [5, 5.41) is 4.08. The van der Waals surface area contributed by atoms with Crippen molar-refractivity contribution in [1.29, 1.82) is 0 Å². The third-order valence-electron chi connectivity index (χ3n) is 3.38. The Kier molecular flexibility index (Phi) is 3.77. The Morgan fingerprint density at radius 1 is 1.39 bits per heavy atom. The Labute approximate surface area is 112 Å². The van der Waals surface area contributed by atoms with Gasteiger partial charge >= 0.3 is 0 Å². The van der Waals surface area contributed by atoms with Crippen molar-refractivity contribution in [3.8, 4) is 0 Å². The molecule has 2 atom stereocenters. The molecule has 0 radical (unpaired) electrons. The maximum atomic E-state index is 12.6. The first-order chi connectivity index (χ1) is 8.34. The molecule has 0 spiro atoms. The van der Waals surface area contributed by atoms with Crippen LogP contribution in [0.3, 0.4) is 0 Å². The van der Waals surface area contributed by atoms with Gasteiger partial charge in [0.15, 0.2) is 4.21 Å². The van der Waals surface area contributed by atoms with E-state index < -0.39 is 10.0 Å². The summed E-state index contributed by atoms with van der Waals surface area (Å²) >= 11 is 1.26. The quantitative estimate of drug-likeness (QED) is 0.886. The summed E-state index contributed by atoms with van der Waals surface area (Å²) in [6.07, 6.45) is 0. The zero-order valence-electron chi connectivity index (χ0n) is 11.1. The van der Waals surface area contributed by atoms with Gasteiger partial charge in [-0.15, -0.1) is 11.3 Å². The maximum Gasteiger partial charge on any atom is 0.254 e. The molecule has 5 nitrogen and oxygen atoms in total. The standard InChI is InChI=1S/C11H19N3O2S2/c1-7-9(3)14(6-5-12-7)18(15,16)11-8(2)13-10(4)17-11/h7,9,12H,5-6H2,1-4H3. The third-order valence-corrected chi connectivity index (χ3v) is 7.03. The van der Waals surface area contributed by atoms with Gasteiger partial charge in [-0.05, 0) is 27.7 Å². The first kappa shape index (κ1) is 13.9. The molecule has 1 aliphatic heterocycles. The number of nitrogens with zero attached hydrogens (tertiary/aromatic N) is 2. The highest BCUT2D eigenvalue weighted by atomic mass is 32.2. The first-order valence-electron chi connectivity index (χ1n) is 6.03. The average molecular weight is 289 g/mol. The van der Waals surface area contributed by atoms with Gasteiger partial charge in [-0.1, -0.05) is 0 Å². The van der Waals surface area contributed by atoms with Crippen LogP contribution in [0.25, 0.3) is 0 Å². The van der Waals surface area contributed by atoms with E-state index in [1.54, 1.807) is 11.2 Å². The van der Waals surface area contributed by atoms with Gasteiger partial charge in [-0.2, -0.15) is 4.31 Å². The van der Waals surface area contributed by atoms with E-state index in [9.17, 15) is 8.42 Å². The number of piperazine rings is 1. The number of hydrogen-bond acceptors (Lipinski definition) is 5. The lowest BCUT2D eigenvalue weighted by Gasteiger charge is -2.37. The van der Waals surface area contributed by atoms with Crippen molar-refractivity contribution in [3.05, 3.63) is 10.7 Å². The van der Waals surface area contributed by atoms with Crippen LogP contribution in [0.4, 0.5) is 0 Å². The molecule has 18 heavy (non-hydrogen) atoms. The Morgan fingerprint density at radius 2 is 2.06 bits per heavy atom. The smallest absolute Gasteiger partial charge is 0.254 e. The summed E-state index contributed by atoms with van der Waals surface area (Å²) in [6.45, 7) is 8.76. The van der Waals surface area contributed by atoms with Gasteiger partial charge in [0, 0.05) is 25.2 Å². The highest BCUT2D eigenvalue weighted by molar-refractivity contribution is 7.91. The number of aromatic nitrogens is 1. The van der Waals surface area contributed by atoms with Gasteiger partial charge in [0.2, 0.25) is 0 Å². The predicted octanol–water partition coefficient (Wildman–Crippen LogP) is 1.13. The van der Waals surface area contributed by atoms with Crippen molar-refractivity contribution in [1.82, 2.24) is 14.6 Å². The van der Waals surface area contributed by atoms with Crippen LogP contribution in [-0.4, -0.2) is 42.9 Å². The van der Waals surface area contributed by atoms with Gasteiger partial charge in [-0.25, -0.2) is 13.4 Å². The van der Waals surface area contributed by atoms with Gasteiger partial charge in [-0.3, -0.25) is 0 Å². The lowest BCUT2D eigenvalue weighted by Crippen LogP contribution is -2.56. The molecule has 0 aromatic carbocycles. The summed E-state index contributed by atoms with van der Waals surface area (Å²) in [5.41, 5.74) is 0.607. The number of nitrogens with one attached hydrogen (secondary N) is 1. The number of sulfonamides is 1. The summed E-state index contributed by atoms with van der Waals surface area (Å²) in [4.78, 5) is 4.21.